The van der Waals surface area contributed by atoms with Crippen LogP contribution in [0.2, 0.25) is 0 Å². The molecule has 1 unspecified atom stereocenters. The van der Waals surface area contributed by atoms with Crippen LogP contribution in [0.25, 0.3) is 0 Å². The third-order valence-electron chi connectivity index (χ3n) is 3.33. The molecule has 0 saturated carbocycles. The third-order valence-corrected chi connectivity index (χ3v) is 4.19. The Kier molecular flexibility index (Phi) is 3.87. The minimum absolute atomic E-state index is 0.632. The standard InChI is InChI=1S/C13H19BrN2/c1-3-11-9-16(8-7-15-11)13-6-4-5-12(14)10(13)2/h4-6,11,15H,3,7-9H2,1-2H3. The number of hydrogen-bond acceptors (Lipinski definition) is 2. The number of nitrogens with one attached hydrogen (secondary N) is 1. The number of halogens is 1. The quantitative estimate of drug-likeness (QED) is 0.897. The van der Waals surface area contributed by atoms with E-state index in [0.717, 1.165) is 19.6 Å². The number of hydrogen-bond donors (Lipinski definition) is 1. The molecular formula is C13H19BrN2. The van der Waals surface area contributed by atoms with Crippen LogP contribution in [0.5, 0.6) is 0 Å². The van der Waals surface area contributed by atoms with Crippen molar-refractivity contribution in [1.29, 1.82) is 0 Å². The molecule has 1 fully saturated rings. The monoisotopic (exact) mass is 282 g/mol. The van der Waals surface area contributed by atoms with E-state index >= 15 is 0 Å². The van der Waals surface area contributed by atoms with Gasteiger partial charge >= 0.3 is 0 Å². The first-order valence-electron chi connectivity index (χ1n) is 5.95. The molecule has 1 aromatic carbocycles. The van der Waals surface area contributed by atoms with Gasteiger partial charge in [0.15, 0.2) is 0 Å². The Hall–Kier alpha value is -0.540. The second kappa shape index (κ2) is 5.19. The average molecular weight is 283 g/mol. The molecule has 16 heavy (non-hydrogen) atoms. The molecule has 1 aliphatic heterocycles. The van der Waals surface area contributed by atoms with Gasteiger partial charge in [0.2, 0.25) is 0 Å². The smallest absolute Gasteiger partial charge is 0.0408 e. The summed E-state index contributed by atoms with van der Waals surface area (Å²) in [6.07, 6.45) is 1.20. The Balaban J connectivity index is 2.20. The normalized spacial score (nSPS) is 21.2. The molecule has 1 heterocycles. The first kappa shape index (κ1) is 11.9. The topological polar surface area (TPSA) is 15.3 Å². The van der Waals surface area contributed by atoms with Gasteiger partial charge in [-0.05, 0) is 31.0 Å². The highest BCUT2D eigenvalue weighted by Gasteiger charge is 2.19. The molecule has 0 bridgehead atoms. The highest BCUT2D eigenvalue weighted by atomic mass is 79.9. The van der Waals surface area contributed by atoms with E-state index in [2.05, 4.69) is 58.2 Å². The number of benzene rings is 1. The third kappa shape index (κ3) is 2.41. The summed E-state index contributed by atoms with van der Waals surface area (Å²) in [4.78, 5) is 2.49. The van der Waals surface area contributed by atoms with Crippen LogP contribution in [0.1, 0.15) is 18.9 Å². The number of rotatable bonds is 2. The summed E-state index contributed by atoms with van der Waals surface area (Å²) in [6, 6.07) is 7.08. The predicted octanol–water partition coefficient (Wildman–Crippen LogP) is 2.95. The van der Waals surface area contributed by atoms with Crippen molar-refractivity contribution in [2.45, 2.75) is 26.3 Å². The maximum Gasteiger partial charge on any atom is 0.0408 e. The highest BCUT2D eigenvalue weighted by molar-refractivity contribution is 9.10. The summed E-state index contributed by atoms with van der Waals surface area (Å²) in [7, 11) is 0. The molecule has 0 spiro atoms. The van der Waals surface area contributed by atoms with Crippen molar-refractivity contribution >= 4 is 21.6 Å². The minimum atomic E-state index is 0.632. The first-order valence-corrected chi connectivity index (χ1v) is 6.75. The fourth-order valence-corrected chi connectivity index (χ4v) is 2.61. The molecule has 1 saturated heterocycles. The molecule has 3 heteroatoms. The molecule has 0 radical (unpaired) electrons. The van der Waals surface area contributed by atoms with Gasteiger partial charge in [0.25, 0.3) is 0 Å². The molecule has 0 aliphatic carbocycles. The van der Waals surface area contributed by atoms with Gasteiger partial charge in [0, 0.05) is 35.8 Å². The van der Waals surface area contributed by atoms with Crippen LogP contribution in [0.4, 0.5) is 5.69 Å². The Morgan fingerprint density at radius 3 is 3.06 bits per heavy atom. The summed E-state index contributed by atoms with van der Waals surface area (Å²) in [6.45, 7) is 7.74. The van der Waals surface area contributed by atoms with Crippen molar-refractivity contribution in [3.63, 3.8) is 0 Å². The van der Waals surface area contributed by atoms with Crippen molar-refractivity contribution in [3.05, 3.63) is 28.2 Å². The van der Waals surface area contributed by atoms with Crippen LogP contribution in [0.3, 0.4) is 0 Å². The number of piperazine rings is 1. The van der Waals surface area contributed by atoms with Gasteiger partial charge in [0.1, 0.15) is 0 Å². The Morgan fingerprint density at radius 1 is 1.50 bits per heavy atom. The lowest BCUT2D eigenvalue weighted by Gasteiger charge is -2.36. The van der Waals surface area contributed by atoms with Gasteiger partial charge in [-0.1, -0.05) is 28.9 Å². The minimum Gasteiger partial charge on any atom is -0.368 e. The van der Waals surface area contributed by atoms with E-state index in [1.54, 1.807) is 0 Å². The zero-order valence-corrected chi connectivity index (χ0v) is 11.5. The summed E-state index contributed by atoms with van der Waals surface area (Å²) >= 11 is 3.60. The summed E-state index contributed by atoms with van der Waals surface area (Å²) in [5, 5.41) is 3.55. The van der Waals surface area contributed by atoms with Crippen molar-refractivity contribution in [2.75, 3.05) is 24.5 Å². The van der Waals surface area contributed by atoms with Crippen LogP contribution < -0.4 is 10.2 Å². The van der Waals surface area contributed by atoms with E-state index in [4.69, 9.17) is 0 Å². The Labute approximate surface area is 106 Å². The lowest BCUT2D eigenvalue weighted by Crippen LogP contribution is -2.50. The van der Waals surface area contributed by atoms with Crippen LogP contribution in [-0.2, 0) is 0 Å². The molecule has 1 N–H and O–H groups in total. The lowest BCUT2D eigenvalue weighted by molar-refractivity contribution is 0.446. The van der Waals surface area contributed by atoms with E-state index in [1.165, 1.54) is 22.1 Å². The van der Waals surface area contributed by atoms with Crippen molar-refractivity contribution < 1.29 is 0 Å². The van der Waals surface area contributed by atoms with E-state index < -0.39 is 0 Å². The van der Waals surface area contributed by atoms with E-state index in [9.17, 15) is 0 Å². The molecule has 1 atom stereocenters. The van der Waals surface area contributed by atoms with Gasteiger partial charge in [-0.15, -0.1) is 0 Å². The molecule has 2 nitrogen and oxygen atoms in total. The summed E-state index contributed by atoms with van der Waals surface area (Å²) in [5.41, 5.74) is 2.72. The van der Waals surface area contributed by atoms with Crippen LogP contribution in [0, 0.1) is 6.92 Å². The molecule has 1 aromatic rings. The fourth-order valence-electron chi connectivity index (χ4n) is 2.26. The second-order valence-corrected chi connectivity index (χ2v) is 5.24. The average Bonchev–Trinajstić information content (AvgIpc) is 2.33. The van der Waals surface area contributed by atoms with Gasteiger partial charge in [-0.25, -0.2) is 0 Å². The predicted molar refractivity (Wildman–Crippen MR) is 73.2 cm³/mol. The zero-order chi connectivity index (χ0) is 11.5. The molecule has 1 aliphatic rings. The number of nitrogens with zero attached hydrogens (tertiary/aromatic N) is 1. The zero-order valence-electron chi connectivity index (χ0n) is 9.96. The molecule has 2 rings (SSSR count). The van der Waals surface area contributed by atoms with Crippen LogP contribution in [0.15, 0.2) is 22.7 Å². The molecule has 0 amide bonds. The SMILES string of the molecule is CCC1CN(c2cccc(Br)c2C)CCN1. The number of anilines is 1. The lowest BCUT2D eigenvalue weighted by atomic mass is 10.1. The van der Waals surface area contributed by atoms with E-state index in [-0.39, 0.29) is 0 Å². The van der Waals surface area contributed by atoms with Gasteiger partial charge in [-0.3, -0.25) is 0 Å². The molecule has 0 aromatic heterocycles. The Bertz CT molecular complexity index is 365. The van der Waals surface area contributed by atoms with Gasteiger partial charge < -0.3 is 10.2 Å². The summed E-state index contributed by atoms with van der Waals surface area (Å²) in [5.74, 6) is 0. The summed E-state index contributed by atoms with van der Waals surface area (Å²) < 4.78 is 1.21. The largest absolute Gasteiger partial charge is 0.368 e. The highest BCUT2D eigenvalue weighted by Crippen LogP contribution is 2.27. The molecule has 88 valence electrons. The van der Waals surface area contributed by atoms with Gasteiger partial charge in [0.05, 0.1) is 0 Å². The van der Waals surface area contributed by atoms with Crippen molar-refractivity contribution in [3.8, 4) is 0 Å². The van der Waals surface area contributed by atoms with Crippen LogP contribution >= 0.6 is 15.9 Å². The maximum atomic E-state index is 3.60. The van der Waals surface area contributed by atoms with Gasteiger partial charge in [-0.2, -0.15) is 0 Å². The molecular weight excluding hydrogens is 264 g/mol. The van der Waals surface area contributed by atoms with Crippen LogP contribution in [-0.4, -0.2) is 25.7 Å². The van der Waals surface area contributed by atoms with E-state index in [0.29, 0.717) is 6.04 Å². The van der Waals surface area contributed by atoms with Crippen molar-refractivity contribution in [1.82, 2.24) is 5.32 Å². The fraction of sp³-hybridized carbons (Fsp3) is 0.538. The van der Waals surface area contributed by atoms with E-state index in [1.807, 2.05) is 0 Å². The Morgan fingerprint density at radius 2 is 2.31 bits per heavy atom. The van der Waals surface area contributed by atoms with Crippen molar-refractivity contribution in [2.24, 2.45) is 0 Å². The maximum absolute atomic E-state index is 3.60. The second-order valence-electron chi connectivity index (χ2n) is 4.39. The first-order chi connectivity index (χ1) is 7.72.